The van der Waals surface area contributed by atoms with Crippen molar-refractivity contribution in [3.8, 4) is 11.5 Å². The predicted molar refractivity (Wildman–Crippen MR) is 90.8 cm³/mol. The fraction of sp³-hybridized carbons (Fsp3) is 0.263. The number of carbonyl (C=O) groups excluding carboxylic acids is 2. The van der Waals surface area contributed by atoms with Gasteiger partial charge in [-0.05, 0) is 31.2 Å². The van der Waals surface area contributed by atoms with Gasteiger partial charge in [-0.3, -0.25) is 4.79 Å². The molecule has 0 aliphatic carbocycles. The first kappa shape index (κ1) is 16.8. The molecule has 6 nitrogen and oxygen atoms in total. The molecular weight excluding hydrogens is 322 g/mol. The second kappa shape index (κ2) is 7.70. The fourth-order valence-electron chi connectivity index (χ4n) is 2.43. The molecule has 1 heterocycles. The van der Waals surface area contributed by atoms with Gasteiger partial charge in [0.25, 0.3) is 5.91 Å². The Hall–Kier alpha value is -3.02. The van der Waals surface area contributed by atoms with E-state index in [0.717, 1.165) is 5.56 Å². The third-order valence-electron chi connectivity index (χ3n) is 3.68. The van der Waals surface area contributed by atoms with Crippen molar-refractivity contribution < 1.29 is 23.8 Å². The molecule has 1 aliphatic rings. The third kappa shape index (κ3) is 4.50. The number of ether oxygens (including phenoxy) is 3. The van der Waals surface area contributed by atoms with Crippen LogP contribution in [0, 0.1) is 6.92 Å². The molecule has 1 aliphatic heterocycles. The van der Waals surface area contributed by atoms with Crippen LogP contribution in [0.15, 0.2) is 48.5 Å². The molecule has 1 N–H and O–H groups in total. The normalized spacial score (nSPS) is 15.3. The van der Waals surface area contributed by atoms with Crippen molar-refractivity contribution in [3.05, 3.63) is 59.7 Å². The van der Waals surface area contributed by atoms with Gasteiger partial charge in [-0.2, -0.15) is 0 Å². The van der Waals surface area contributed by atoms with E-state index in [2.05, 4.69) is 5.32 Å². The van der Waals surface area contributed by atoms with Gasteiger partial charge in [-0.15, -0.1) is 0 Å². The van der Waals surface area contributed by atoms with Gasteiger partial charge in [0.1, 0.15) is 12.7 Å². The van der Waals surface area contributed by atoms with Crippen LogP contribution < -0.4 is 14.8 Å². The first-order valence-electron chi connectivity index (χ1n) is 8.01. The Morgan fingerprint density at radius 1 is 1.16 bits per heavy atom. The Balaban J connectivity index is 1.42. The molecule has 0 unspecified atom stereocenters. The maximum absolute atomic E-state index is 11.9. The maximum Gasteiger partial charge on any atom is 0.338 e. The van der Waals surface area contributed by atoms with E-state index in [-0.39, 0.29) is 25.2 Å². The van der Waals surface area contributed by atoms with E-state index < -0.39 is 5.97 Å². The van der Waals surface area contributed by atoms with Crippen molar-refractivity contribution in [2.24, 2.45) is 0 Å². The lowest BCUT2D eigenvalue weighted by Gasteiger charge is -2.26. The molecule has 0 saturated heterocycles. The topological polar surface area (TPSA) is 73.9 Å². The van der Waals surface area contributed by atoms with Crippen molar-refractivity contribution in [2.75, 3.05) is 19.8 Å². The van der Waals surface area contributed by atoms with Crippen LogP contribution in [-0.2, 0) is 9.53 Å². The molecule has 25 heavy (non-hydrogen) atoms. The molecular formula is C19H19NO5. The summed E-state index contributed by atoms with van der Waals surface area (Å²) in [6, 6.07) is 14.4. The van der Waals surface area contributed by atoms with Crippen LogP contribution in [0.1, 0.15) is 15.9 Å². The molecule has 130 valence electrons. The van der Waals surface area contributed by atoms with Crippen LogP contribution in [0.4, 0.5) is 0 Å². The number of aryl methyl sites for hydroxylation is 1. The number of fused-ring (bicyclic) bond motifs is 1. The fourth-order valence-corrected chi connectivity index (χ4v) is 2.43. The molecule has 3 rings (SSSR count). The summed E-state index contributed by atoms with van der Waals surface area (Å²) in [5.41, 5.74) is 1.38. The Labute approximate surface area is 145 Å². The number of benzene rings is 2. The van der Waals surface area contributed by atoms with Crippen LogP contribution in [0.5, 0.6) is 11.5 Å². The lowest BCUT2D eigenvalue weighted by molar-refractivity contribution is -0.124. The van der Waals surface area contributed by atoms with E-state index in [1.165, 1.54) is 0 Å². The number of carbonyl (C=O) groups is 2. The average Bonchev–Trinajstić information content (AvgIpc) is 2.64. The minimum absolute atomic E-state index is 0.273. The summed E-state index contributed by atoms with van der Waals surface area (Å²) in [6.45, 7) is 2.17. The number of rotatable bonds is 5. The third-order valence-corrected chi connectivity index (χ3v) is 3.68. The van der Waals surface area contributed by atoms with Gasteiger partial charge in [0.2, 0.25) is 0 Å². The number of amides is 1. The SMILES string of the molecule is Cc1cccc(C(=O)OCC(=O)NC[C@H]2COc3ccccc3O2)c1. The largest absolute Gasteiger partial charge is 0.486 e. The molecule has 0 bridgehead atoms. The zero-order chi connectivity index (χ0) is 17.6. The van der Waals surface area contributed by atoms with Crippen LogP contribution in [0.3, 0.4) is 0 Å². The van der Waals surface area contributed by atoms with Gasteiger partial charge in [-0.1, -0.05) is 29.8 Å². The van der Waals surface area contributed by atoms with E-state index in [4.69, 9.17) is 14.2 Å². The maximum atomic E-state index is 11.9. The Kier molecular flexibility index (Phi) is 5.18. The van der Waals surface area contributed by atoms with Crippen LogP contribution >= 0.6 is 0 Å². The van der Waals surface area contributed by atoms with E-state index in [1.807, 2.05) is 37.3 Å². The van der Waals surface area contributed by atoms with Gasteiger partial charge in [-0.25, -0.2) is 4.79 Å². The summed E-state index contributed by atoms with van der Waals surface area (Å²) in [7, 11) is 0. The highest BCUT2D eigenvalue weighted by Gasteiger charge is 2.21. The highest BCUT2D eigenvalue weighted by molar-refractivity contribution is 5.91. The molecule has 0 radical (unpaired) electrons. The van der Waals surface area contributed by atoms with Gasteiger partial charge >= 0.3 is 5.97 Å². The van der Waals surface area contributed by atoms with E-state index in [0.29, 0.717) is 23.7 Å². The summed E-state index contributed by atoms with van der Waals surface area (Å²) >= 11 is 0. The quantitative estimate of drug-likeness (QED) is 0.843. The zero-order valence-corrected chi connectivity index (χ0v) is 13.9. The molecule has 0 fully saturated rings. The molecule has 6 heteroatoms. The summed E-state index contributed by atoms with van der Waals surface area (Å²) in [6.07, 6.45) is -0.286. The summed E-state index contributed by atoms with van der Waals surface area (Å²) in [4.78, 5) is 23.7. The molecule has 0 spiro atoms. The van der Waals surface area contributed by atoms with E-state index in [1.54, 1.807) is 18.2 Å². The van der Waals surface area contributed by atoms with Crippen LogP contribution in [0.2, 0.25) is 0 Å². The molecule has 1 atom stereocenters. The monoisotopic (exact) mass is 341 g/mol. The smallest absolute Gasteiger partial charge is 0.338 e. The lowest BCUT2D eigenvalue weighted by atomic mass is 10.1. The van der Waals surface area contributed by atoms with Crippen molar-refractivity contribution >= 4 is 11.9 Å². The Bertz CT molecular complexity index is 774. The number of hydrogen-bond donors (Lipinski definition) is 1. The first-order valence-corrected chi connectivity index (χ1v) is 8.01. The van der Waals surface area contributed by atoms with Crippen molar-refractivity contribution in [3.63, 3.8) is 0 Å². The van der Waals surface area contributed by atoms with Crippen molar-refractivity contribution in [1.29, 1.82) is 0 Å². The molecule has 0 aromatic heterocycles. The standard InChI is InChI=1S/C19H19NO5/c1-13-5-4-6-14(9-13)19(22)24-12-18(21)20-10-15-11-23-16-7-2-3-8-17(16)25-15/h2-9,15H,10-12H2,1H3,(H,20,21)/t15-/m0/s1. The number of para-hydroxylation sites is 2. The van der Waals surface area contributed by atoms with Gasteiger partial charge in [0.05, 0.1) is 12.1 Å². The molecule has 0 saturated carbocycles. The second-order valence-corrected chi connectivity index (χ2v) is 5.75. The summed E-state index contributed by atoms with van der Waals surface area (Å²) in [5.74, 6) is 0.435. The lowest BCUT2D eigenvalue weighted by Crippen LogP contribution is -2.42. The molecule has 1 amide bonds. The van der Waals surface area contributed by atoms with Crippen molar-refractivity contribution in [1.82, 2.24) is 5.32 Å². The molecule has 2 aromatic carbocycles. The predicted octanol–water partition coefficient (Wildman–Crippen LogP) is 2.11. The zero-order valence-electron chi connectivity index (χ0n) is 13.9. The van der Waals surface area contributed by atoms with E-state index in [9.17, 15) is 9.59 Å². The van der Waals surface area contributed by atoms with Gasteiger partial charge in [0.15, 0.2) is 18.1 Å². The van der Waals surface area contributed by atoms with Crippen LogP contribution in [-0.4, -0.2) is 37.7 Å². The summed E-state index contributed by atoms with van der Waals surface area (Å²) < 4.78 is 16.3. The van der Waals surface area contributed by atoms with Crippen molar-refractivity contribution in [2.45, 2.75) is 13.0 Å². The number of esters is 1. The van der Waals surface area contributed by atoms with Gasteiger partial charge in [0, 0.05) is 0 Å². The summed E-state index contributed by atoms with van der Waals surface area (Å²) in [5, 5.41) is 2.68. The average molecular weight is 341 g/mol. The number of nitrogens with one attached hydrogen (secondary N) is 1. The number of hydrogen-bond acceptors (Lipinski definition) is 5. The molecule has 2 aromatic rings. The highest BCUT2D eigenvalue weighted by Crippen LogP contribution is 2.30. The van der Waals surface area contributed by atoms with Gasteiger partial charge < -0.3 is 19.5 Å². The second-order valence-electron chi connectivity index (χ2n) is 5.75. The van der Waals surface area contributed by atoms with E-state index >= 15 is 0 Å². The van der Waals surface area contributed by atoms with Crippen LogP contribution in [0.25, 0.3) is 0 Å². The minimum Gasteiger partial charge on any atom is -0.486 e. The Morgan fingerprint density at radius 3 is 2.76 bits per heavy atom. The highest BCUT2D eigenvalue weighted by atomic mass is 16.6. The first-order chi connectivity index (χ1) is 12.1. The minimum atomic E-state index is -0.523. The Morgan fingerprint density at radius 2 is 1.96 bits per heavy atom.